The molecule has 1 aliphatic carbocycles. The molecule has 2 heterocycles. The van der Waals surface area contributed by atoms with Gasteiger partial charge in [-0.2, -0.15) is 0 Å². The topological polar surface area (TPSA) is 21.8 Å². The van der Waals surface area contributed by atoms with E-state index in [1.165, 1.54) is 57.6 Å². The minimum Gasteiger partial charge on any atom is -0.323 e. The molecule has 0 atom stereocenters. The van der Waals surface area contributed by atoms with Gasteiger partial charge in [-0.05, 0) is 49.3 Å². The molecule has 25 heavy (non-hydrogen) atoms. The van der Waals surface area contributed by atoms with E-state index in [9.17, 15) is 0 Å². The van der Waals surface area contributed by atoms with Gasteiger partial charge in [0.2, 0.25) is 0 Å². The first-order valence-corrected chi connectivity index (χ1v) is 10.0. The smallest absolute Gasteiger partial charge is 0.127 e. The third kappa shape index (κ3) is 4.28. The van der Waals surface area contributed by atoms with Crippen LogP contribution in [0.3, 0.4) is 0 Å². The lowest BCUT2D eigenvalue weighted by atomic mass is 9.81. The molecule has 0 radical (unpaired) electrons. The third-order valence-corrected chi connectivity index (χ3v) is 6.33. The summed E-state index contributed by atoms with van der Waals surface area (Å²) in [5, 5.41) is 0. The maximum Gasteiger partial charge on any atom is 0.127 e. The van der Waals surface area contributed by atoms with Crippen molar-refractivity contribution in [2.24, 2.45) is 0 Å². The zero-order valence-corrected chi connectivity index (χ0v) is 15.2. The van der Waals surface area contributed by atoms with Gasteiger partial charge in [0.1, 0.15) is 32.7 Å². The number of hydrogen-bond donors (Lipinski definition) is 2. The van der Waals surface area contributed by atoms with Crippen molar-refractivity contribution in [3.8, 4) is 0 Å². The number of nitrogens with one attached hydrogen (secondary N) is 2. The van der Waals surface area contributed by atoms with Crippen LogP contribution in [-0.2, 0) is 6.54 Å². The second kappa shape index (κ2) is 8.11. The van der Waals surface area contributed by atoms with Crippen LogP contribution in [0.25, 0.3) is 0 Å². The summed E-state index contributed by atoms with van der Waals surface area (Å²) in [5.41, 5.74) is 2.80. The van der Waals surface area contributed by atoms with Crippen molar-refractivity contribution in [2.75, 3.05) is 26.2 Å². The highest BCUT2D eigenvalue weighted by Gasteiger charge is 2.33. The summed E-state index contributed by atoms with van der Waals surface area (Å²) in [6.45, 7) is 6.36. The van der Waals surface area contributed by atoms with E-state index in [1.54, 1.807) is 10.5 Å². The number of piperazine rings is 1. The molecule has 2 fully saturated rings. The van der Waals surface area contributed by atoms with Crippen LogP contribution in [0.5, 0.6) is 0 Å². The van der Waals surface area contributed by atoms with E-state index < -0.39 is 0 Å². The minimum atomic E-state index is 0.799. The molecule has 3 nitrogen and oxygen atoms in total. The molecule has 132 valence electrons. The number of quaternary nitrogens is 2. The fourth-order valence-corrected chi connectivity index (χ4v) is 4.83. The fraction of sp³-hybridized carbons (Fsp3) is 0.500. The normalized spacial score (nSPS) is 30.1. The average Bonchev–Trinajstić information content (AvgIpc) is 2.70. The maximum atomic E-state index is 4.49. The molecule has 0 spiro atoms. The highest BCUT2D eigenvalue weighted by atomic mass is 15.3. The summed E-state index contributed by atoms with van der Waals surface area (Å²) >= 11 is 0. The SMILES string of the molecule is c1ccc(C2CCC([NH+]3CC[NH+](Cc4ccccn4)CC3)CC2)cc1. The van der Waals surface area contributed by atoms with E-state index in [1.807, 2.05) is 17.2 Å². The predicted octanol–water partition coefficient (Wildman–Crippen LogP) is 1.09. The molecule has 2 N–H and O–H groups in total. The first-order chi connectivity index (χ1) is 12.4. The van der Waals surface area contributed by atoms with E-state index in [4.69, 9.17) is 0 Å². The highest BCUT2D eigenvalue weighted by Crippen LogP contribution is 2.31. The van der Waals surface area contributed by atoms with Gasteiger partial charge in [-0.3, -0.25) is 4.98 Å². The van der Waals surface area contributed by atoms with Gasteiger partial charge in [0, 0.05) is 6.20 Å². The third-order valence-electron chi connectivity index (χ3n) is 6.33. The average molecular weight is 338 g/mol. The van der Waals surface area contributed by atoms with E-state index in [0.29, 0.717) is 0 Å². The Morgan fingerprint density at radius 3 is 2.20 bits per heavy atom. The summed E-state index contributed by atoms with van der Waals surface area (Å²) < 4.78 is 0. The van der Waals surface area contributed by atoms with Crippen LogP contribution >= 0.6 is 0 Å². The maximum absolute atomic E-state index is 4.49. The van der Waals surface area contributed by atoms with Crippen LogP contribution in [0.1, 0.15) is 42.9 Å². The standard InChI is InChI=1S/C22H29N3/c1-2-6-19(7-3-1)20-9-11-22(12-10-20)25-16-14-24(15-17-25)18-21-8-4-5-13-23-21/h1-8,13,20,22H,9-12,14-18H2/p+2. The van der Waals surface area contributed by atoms with Crippen LogP contribution in [0, 0.1) is 0 Å². The highest BCUT2D eigenvalue weighted by molar-refractivity contribution is 5.19. The van der Waals surface area contributed by atoms with Crippen LogP contribution in [0.4, 0.5) is 0 Å². The molecule has 3 heteroatoms. The number of nitrogens with zero attached hydrogens (tertiary/aromatic N) is 1. The van der Waals surface area contributed by atoms with E-state index in [0.717, 1.165) is 18.5 Å². The monoisotopic (exact) mass is 337 g/mol. The Labute approximate surface area is 151 Å². The molecule has 2 aliphatic rings. The molecule has 0 unspecified atom stereocenters. The molecule has 2 aromatic rings. The van der Waals surface area contributed by atoms with Crippen molar-refractivity contribution < 1.29 is 9.80 Å². The fourth-order valence-electron chi connectivity index (χ4n) is 4.83. The van der Waals surface area contributed by atoms with Gasteiger partial charge in [-0.15, -0.1) is 0 Å². The van der Waals surface area contributed by atoms with Gasteiger partial charge in [-0.25, -0.2) is 0 Å². The molecule has 1 aromatic carbocycles. The van der Waals surface area contributed by atoms with E-state index in [-0.39, 0.29) is 0 Å². The molecule has 0 bridgehead atoms. The lowest BCUT2D eigenvalue weighted by molar-refractivity contribution is -1.03. The lowest BCUT2D eigenvalue weighted by Gasteiger charge is -2.38. The summed E-state index contributed by atoms with van der Waals surface area (Å²) in [7, 11) is 0. The summed E-state index contributed by atoms with van der Waals surface area (Å²) in [4.78, 5) is 8.07. The Morgan fingerprint density at radius 2 is 1.52 bits per heavy atom. The van der Waals surface area contributed by atoms with Crippen molar-refractivity contribution >= 4 is 0 Å². The van der Waals surface area contributed by atoms with Gasteiger partial charge in [0.25, 0.3) is 0 Å². The van der Waals surface area contributed by atoms with Gasteiger partial charge < -0.3 is 9.80 Å². The Kier molecular flexibility index (Phi) is 5.43. The predicted molar refractivity (Wildman–Crippen MR) is 101 cm³/mol. The van der Waals surface area contributed by atoms with Gasteiger partial charge in [0.05, 0.1) is 11.7 Å². The minimum absolute atomic E-state index is 0.799. The van der Waals surface area contributed by atoms with Gasteiger partial charge in [0.15, 0.2) is 0 Å². The first kappa shape index (κ1) is 16.7. The van der Waals surface area contributed by atoms with Crippen molar-refractivity contribution in [1.82, 2.24) is 4.98 Å². The molecule has 1 aromatic heterocycles. The van der Waals surface area contributed by atoms with Gasteiger partial charge >= 0.3 is 0 Å². The lowest BCUT2D eigenvalue weighted by Crippen LogP contribution is -3.29. The first-order valence-electron chi connectivity index (χ1n) is 10.0. The largest absolute Gasteiger partial charge is 0.323 e. The molecule has 4 rings (SSSR count). The second-order valence-corrected chi connectivity index (χ2v) is 7.87. The van der Waals surface area contributed by atoms with Gasteiger partial charge in [-0.1, -0.05) is 36.4 Å². The van der Waals surface area contributed by atoms with E-state index in [2.05, 4.69) is 47.4 Å². The second-order valence-electron chi connectivity index (χ2n) is 7.87. The zero-order chi connectivity index (χ0) is 16.9. The summed E-state index contributed by atoms with van der Waals surface area (Å²) in [5.74, 6) is 0.799. The molecule has 1 saturated heterocycles. The number of rotatable bonds is 4. The van der Waals surface area contributed by atoms with Crippen LogP contribution < -0.4 is 9.80 Å². The number of benzene rings is 1. The molecule has 0 amide bonds. The Bertz CT molecular complexity index is 627. The Hall–Kier alpha value is -1.71. The van der Waals surface area contributed by atoms with Crippen LogP contribution in [-0.4, -0.2) is 37.2 Å². The number of pyridine rings is 1. The van der Waals surface area contributed by atoms with Crippen molar-refractivity contribution in [2.45, 2.75) is 44.2 Å². The molecule has 1 saturated carbocycles. The Morgan fingerprint density at radius 1 is 0.800 bits per heavy atom. The number of hydrogen-bond acceptors (Lipinski definition) is 1. The molecule has 1 aliphatic heterocycles. The Balaban J connectivity index is 1.24. The van der Waals surface area contributed by atoms with Crippen molar-refractivity contribution in [3.63, 3.8) is 0 Å². The molecular weight excluding hydrogens is 306 g/mol. The summed E-state index contributed by atoms with van der Waals surface area (Å²) in [6.07, 6.45) is 7.49. The van der Waals surface area contributed by atoms with E-state index >= 15 is 0 Å². The quantitative estimate of drug-likeness (QED) is 0.857. The van der Waals surface area contributed by atoms with Crippen molar-refractivity contribution in [3.05, 3.63) is 66.0 Å². The number of aromatic nitrogens is 1. The summed E-state index contributed by atoms with van der Waals surface area (Å²) in [6, 6.07) is 18.3. The zero-order valence-electron chi connectivity index (χ0n) is 15.2. The van der Waals surface area contributed by atoms with Crippen LogP contribution in [0.2, 0.25) is 0 Å². The van der Waals surface area contributed by atoms with Crippen LogP contribution in [0.15, 0.2) is 54.7 Å². The molecular formula is C22H31N3+2. The van der Waals surface area contributed by atoms with Crippen molar-refractivity contribution in [1.29, 1.82) is 0 Å².